The normalized spacial score (nSPS) is 11.7. The Morgan fingerprint density at radius 3 is 2.17 bits per heavy atom. The predicted octanol–water partition coefficient (Wildman–Crippen LogP) is 4.90. The molecule has 8 heteroatoms. The molecule has 35 heavy (non-hydrogen) atoms. The van der Waals surface area contributed by atoms with Crippen LogP contribution in [-0.2, 0) is 22.0 Å². The minimum Gasteiger partial charge on any atom is -0.492 e. The van der Waals surface area contributed by atoms with Crippen molar-refractivity contribution in [1.29, 1.82) is 0 Å². The summed E-state index contributed by atoms with van der Waals surface area (Å²) in [6.45, 7) is 6.91. The lowest BCUT2D eigenvalue weighted by Crippen LogP contribution is -2.30. The van der Waals surface area contributed by atoms with Gasteiger partial charge in [0.05, 0.1) is 25.0 Å². The zero-order valence-electron chi connectivity index (χ0n) is 20.4. The third kappa shape index (κ3) is 7.29. The predicted molar refractivity (Wildman–Crippen MR) is 137 cm³/mol. The molecule has 0 aromatic heterocycles. The summed E-state index contributed by atoms with van der Waals surface area (Å²) in [4.78, 5) is 12.5. The van der Waals surface area contributed by atoms with Gasteiger partial charge in [0.2, 0.25) is 10.0 Å². The number of sulfonamides is 1. The molecule has 0 atom stereocenters. The average Bonchev–Trinajstić information content (AvgIpc) is 2.80. The van der Waals surface area contributed by atoms with Gasteiger partial charge in [0.25, 0.3) is 5.91 Å². The van der Waals surface area contributed by atoms with Crippen molar-refractivity contribution in [3.63, 3.8) is 0 Å². The first-order valence-electron chi connectivity index (χ1n) is 11.3. The first-order chi connectivity index (χ1) is 16.4. The molecule has 0 fully saturated rings. The van der Waals surface area contributed by atoms with Crippen molar-refractivity contribution in [2.45, 2.75) is 32.7 Å². The molecule has 0 saturated carbocycles. The molecular formula is C27H31FN2O4S. The number of hydrogen-bond donors (Lipinski definition) is 1. The molecule has 3 aromatic carbocycles. The molecule has 1 N–H and O–H groups in total. The fraction of sp³-hybridized carbons (Fsp3) is 0.296. The summed E-state index contributed by atoms with van der Waals surface area (Å²) in [5.74, 6) is -0.0555. The highest BCUT2D eigenvalue weighted by atomic mass is 32.2. The van der Waals surface area contributed by atoms with E-state index in [0.29, 0.717) is 24.4 Å². The van der Waals surface area contributed by atoms with E-state index in [9.17, 15) is 17.6 Å². The summed E-state index contributed by atoms with van der Waals surface area (Å²) >= 11 is 0. The molecule has 0 aliphatic carbocycles. The summed E-state index contributed by atoms with van der Waals surface area (Å²) in [5, 5.41) is 2.79. The molecule has 0 unspecified atom stereocenters. The number of amides is 1. The Hall–Kier alpha value is -3.39. The van der Waals surface area contributed by atoms with Gasteiger partial charge in [-0.3, -0.25) is 9.10 Å². The van der Waals surface area contributed by atoms with Crippen molar-refractivity contribution in [3.8, 4) is 5.75 Å². The van der Waals surface area contributed by atoms with Crippen LogP contribution in [0.5, 0.6) is 5.75 Å². The minimum absolute atomic E-state index is 0.0676. The van der Waals surface area contributed by atoms with Gasteiger partial charge in [0.1, 0.15) is 18.2 Å². The first kappa shape index (κ1) is 26.2. The zero-order chi connectivity index (χ0) is 25.6. The Kier molecular flexibility index (Phi) is 8.17. The van der Waals surface area contributed by atoms with Gasteiger partial charge in [-0.1, -0.05) is 51.1 Å². The average molecular weight is 499 g/mol. The minimum atomic E-state index is -3.67. The topological polar surface area (TPSA) is 75.7 Å². The van der Waals surface area contributed by atoms with E-state index in [1.54, 1.807) is 12.1 Å². The van der Waals surface area contributed by atoms with Crippen LogP contribution in [0.2, 0.25) is 0 Å². The Balaban J connectivity index is 1.57. The number of rotatable bonds is 9. The Morgan fingerprint density at radius 1 is 0.971 bits per heavy atom. The molecule has 0 radical (unpaired) electrons. The van der Waals surface area contributed by atoms with Crippen molar-refractivity contribution >= 4 is 21.6 Å². The molecule has 0 heterocycles. The van der Waals surface area contributed by atoms with E-state index in [-0.39, 0.29) is 23.4 Å². The highest BCUT2D eigenvalue weighted by Crippen LogP contribution is 2.24. The van der Waals surface area contributed by atoms with Crippen LogP contribution in [0.3, 0.4) is 0 Å². The van der Waals surface area contributed by atoms with Gasteiger partial charge in [0.15, 0.2) is 0 Å². The van der Waals surface area contributed by atoms with Gasteiger partial charge < -0.3 is 10.1 Å². The lowest BCUT2D eigenvalue weighted by atomic mass is 9.87. The van der Waals surface area contributed by atoms with Crippen LogP contribution >= 0.6 is 0 Å². The van der Waals surface area contributed by atoms with Crippen molar-refractivity contribution in [3.05, 3.63) is 95.3 Å². The summed E-state index contributed by atoms with van der Waals surface area (Å²) in [6, 6.07) is 20.0. The lowest BCUT2D eigenvalue weighted by molar-refractivity contribution is 0.0947. The Bertz CT molecular complexity index is 1250. The third-order valence-corrected chi connectivity index (χ3v) is 6.61. The molecule has 0 aliphatic heterocycles. The molecule has 186 valence electrons. The van der Waals surface area contributed by atoms with Gasteiger partial charge in [-0.25, -0.2) is 12.8 Å². The van der Waals surface area contributed by atoms with Crippen molar-refractivity contribution in [1.82, 2.24) is 5.32 Å². The number of nitrogens with zero attached hydrogens (tertiary/aromatic N) is 1. The van der Waals surface area contributed by atoms with Crippen LogP contribution in [0.25, 0.3) is 0 Å². The smallest absolute Gasteiger partial charge is 0.251 e. The molecule has 0 saturated heterocycles. The van der Waals surface area contributed by atoms with Gasteiger partial charge in [-0.05, 0) is 53.4 Å². The standard InChI is InChI=1S/C27H31FN2O4S/c1-27(2,3)22-11-15-24(16-12-22)34-18-17-29-26(31)20-9-13-23(14-10-20)30(35(4,32)33)19-21-7-5-6-8-25(21)28/h5-16H,17-19H2,1-4H3,(H,29,31). The van der Waals surface area contributed by atoms with Crippen molar-refractivity contribution in [2.75, 3.05) is 23.7 Å². The van der Waals surface area contributed by atoms with Crippen LogP contribution in [-0.4, -0.2) is 33.7 Å². The third-order valence-electron chi connectivity index (χ3n) is 5.47. The molecule has 6 nitrogen and oxygen atoms in total. The number of nitrogens with one attached hydrogen (secondary N) is 1. The molecule has 3 rings (SSSR count). The van der Waals surface area contributed by atoms with Gasteiger partial charge in [0, 0.05) is 11.1 Å². The number of hydrogen-bond acceptors (Lipinski definition) is 4. The Labute approximate surface area is 206 Å². The Morgan fingerprint density at radius 2 is 1.60 bits per heavy atom. The molecule has 0 spiro atoms. The lowest BCUT2D eigenvalue weighted by Gasteiger charge is -2.23. The van der Waals surface area contributed by atoms with Crippen LogP contribution in [0.4, 0.5) is 10.1 Å². The summed E-state index contributed by atoms with van der Waals surface area (Å²) in [6.07, 6.45) is 1.06. The summed E-state index contributed by atoms with van der Waals surface area (Å²) in [7, 11) is -3.67. The van der Waals surface area contributed by atoms with Crippen LogP contribution in [0, 0.1) is 5.82 Å². The molecule has 1 amide bonds. The number of anilines is 1. The molecular weight excluding hydrogens is 467 g/mol. The van der Waals surface area contributed by atoms with Gasteiger partial charge in [-0.15, -0.1) is 0 Å². The van der Waals surface area contributed by atoms with Crippen molar-refractivity contribution in [2.24, 2.45) is 0 Å². The zero-order valence-corrected chi connectivity index (χ0v) is 21.2. The monoisotopic (exact) mass is 498 g/mol. The van der Waals surface area contributed by atoms with Crippen LogP contribution in [0.1, 0.15) is 42.3 Å². The quantitative estimate of drug-likeness (QED) is 0.426. The van der Waals surface area contributed by atoms with E-state index in [1.807, 2.05) is 24.3 Å². The van der Waals surface area contributed by atoms with Crippen LogP contribution < -0.4 is 14.4 Å². The second-order valence-electron chi connectivity index (χ2n) is 9.29. The highest BCUT2D eigenvalue weighted by molar-refractivity contribution is 7.92. The fourth-order valence-corrected chi connectivity index (χ4v) is 4.33. The molecule has 0 aliphatic rings. The SMILES string of the molecule is CC(C)(C)c1ccc(OCCNC(=O)c2ccc(N(Cc3ccccc3F)S(C)(=O)=O)cc2)cc1. The number of carbonyl (C=O) groups is 1. The number of carbonyl (C=O) groups excluding carboxylic acids is 1. The first-order valence-corrected chi connectivity index (χ1v) is 13.1. The number of ether oxygens (including phenoxy) is 1. The van der Waals surface area contributed by atoms with E-state index in [1.165, 1.54) is 42.0 Å². The van der Waals surface area contributed by atoms with Gasteiger partial charge in [-0.2, -0.15) is 0 Å². The van der Waals surface area contributed by atoms with Crippen LogP contribution in [0.15, 0.2) is 72.8 Å². The van der Waals surface area contributed by atoms with E-state index in [2.05, 4.69) is 26.1 Å². The second kappa shape index (κ2) is 10.9. The van der Waals surface area contributed by atoms with E-state index in [0.717, 1.165) is 16.3 Å². The fourth-order valence-electron chi connectivity index (χ4n) is 3.45. The molecule has 0 bridgehead atoms. The highest BCUT2D eigenvalue weighted by Gasteiger charge is 2.20. The van der Waals surface area contributed by atoms with Crippen molar-refractivity contribution < 1.29 is 22.3 Å². The summed E-state index contributed by atoms with van der Waals surface area (Å²) < 4.78 is 45.5. The molecule has 3 aromatic rings. The van der Waals surface area contributed by atoms with E-state index < -0.39 is 15.8 Å². The van der Waals surface area contributed by atoms with Gasteiger partial charge >= 0.3 is 0 Å². The largest absolute Gasteiger partial charge is 0.492 e. The number of halogens is 1. The maximum absolute atomic E-state index is 14.1. The maximum Gasteiger partial charge on any atom is 0.251 e. The van der Waals surface area contributed by atoms with E-state index in [4.69, 9.17) is 4.74 Å². The second-order valence-corrected chi connectivity index (χ2v) is 11.2. The number of benzene rings is 3. The van der Waals surface area contributed by atoms with E-state index >= 15 is 0 Å². The maximum atomic E-state index is 14.1. The summed E-state index contributed by atoms with van der Waals surface area (Å²) in [5.41, 5.74) is 2.26.